The van der Waals surface area contributed by atoms with Gasteiger partial charge in [-0.3, -0.25) is 0 Å². The van der Waals surface area contributed by atoms with Crippen molar-refractivity contribution in [3.05, 3.63) is 114 Å². The predicted octanol–water partition coefficient (Wildman–Crippen LogP) is 8.19. The van der Waals surface area contributed by atoms with Gasteiger partial charge in [-0.15, -0.1) is 0 Å². The summed E-state index contributed by atoms with van der Waals surface area (Å²) in [6.45, 7) is 8.73. The maximum atomic E-state index is 14.8. The summed E-state index contributed by atoms with van der Waals surface area (Å²) < 4.78 is 62.6. The Kier molecular flexibility index (Phi) is 7.95. The van der Waals surface area contributed by atoms with Crippen molar-refractivity contribution in [3.8, 4) is 28.0 Å². The van der Waals surface area contributed by atoms with Crippen LogP contribution in [0.1, 0.15) is 18.9 Å². The molecule has 0 saturated carbocycles. The number of hydrogen-bond donors (Lipinski definition) is 1. The van der Waals surface area contributed by atoms with E-state index in [0.717, 1.165) is 5.56 Å². The molecule has 0 unspecified atom stereocenters. The fraction of sp³-hybridized carbons (Fsp3) is 0.143. The molecule has 0 fully saturated rings. The van der Waals surface area contributed by atoms with E-state index in [1.807, 2.05) is 0 Å². The maximum Gasteiger partial charge on any atom is 0.200 e. The molecule has 6 heteroatoms. The standard InChI is InChI=1S/C28H24F4O2/c1-4-34-18(3)26(30)25(29)17(2)5-6-19-7-9-20(10-8-19)23-15-16-24(28(32)27(23)31)21-11-13-22(33)14-12-21/h7-16,33H,2-6H2,1H3/b26-25-. The highest BCUT2D eigenvalue weighted by Gasteiger charge is 2.17. The first kappa shape index (κ1) is 24.8. The van der Waals surface area contributed by atoms with Crippen LogP contribution in [-0.4, -0.2) is 11.7 Å². The average Bonchev–Trinajstić information content (AvgIpc) is 2.84. The minimum Gasteiger partial charge on any atom is -0.508 e. The fourth-order valence-corrected chi connectivity index (χ4v) is 3.41. The molecule has 0 aliphatic heterocycles. The van der Waals surface area contributed by atoms with E-state index in [4.69, 9.17) is 4.74 Å². The number of rotatable bonds is 9. The third kappa shape index (κ3) is 5.57. The number of aryl methyl sites for hydroxylation is 1. The quantitative estimate of drug-likeness (QED) is 0.195. The Bertz CT molecular complexity index is 1230. The molecule has 3 rings (SSSR count). The van der Waals surface area contributed by atoms with Gasteiger partial charge >= 0.3 is 0 Å². The van der Waals surface area contributed by atoms with Crippen LogP contribution in [-0.2, 0) is 11.2 Å². The molecular formula is C28H24F4O2. The SMILES string of the molecule is C=C(CCc1ccc(-c2ccc(-c3ccc(O)cc3)c(F)c2F)cc1)/C(F)=C(/F)C(=C)OCC. The van der Waals surface area contributed by atoms with Gasteiger partial charge in [-0.2, -0.15) is 4.39 Å². The molecule has 0 amide bonds. The zero-order chi connectivity index (χ0) is 24.8. The van der Waals surface area contributed by atoms with E-state index in [1.165, 1.54) is 36.4 Å². The van der Waals surface area contributed by atoms with Crippen LogP contribution in [0.25, 0.3) is 22.3 Å². The Morgan fingerprint density at radius 3 is 1.79 bits per heavy atom. The highest BCUT2D eigenvalue weighted by Crippen LogP contribution is 2.32. The smallest absolute Gasteiger partial charge is 0.200 e. The summed E-state index contributed by atoms with van der Waals surface area (Å²) in [5, 5.41) is 9.39. The first-order chi connectivity index (χ1) is 16.2. The minimum atomic E-state index is -1.17. The van der Waals surface area contributed by atoms with E-state index < -0.39 is 23.3 Å². The van der Waals surface area contributed by atoms with Crippen molar-refractivity contribution in [2.75, 3.05) is 6.61 Å². The molecule has 0 radical (unpaired) electrons. The number of hydrogen-bond acceptors (Lipinski definition) is 2. The Labute approximate surface area is 196 Å². The van der Waals surface area contributed by atoms with E-state index in [2.05, 4.69) is 13.2 Å². The normalized spacial score (nSPS) is 11.7. The number of aromatic hydroxyl groups is 1. The van der Waals surface area contributed by atoms with Gasteiger partial charge in [-0.05, 0) is 54.2 Å². The molecule has 3 aromatic carbocycles. The molecule has 3 aromatic rings. The lowest BCUT2D eigenvalue weighted by Crippen LogP contribution is -1.96. The number of benzene rings is 3. The van der Waals surface area contributed by atoms with Crippen LogP contribution >= 0.6 is 0 Å². The van der Waals surface area contributed by atoms with Crippen molar-refractivity contribution < 1.29 is 27.4 Å². The highest BCUT2D eigenvalue weighted by atomic mass is 19.2. The summed E-state index contributed by atoms with van der Waals surface area (Å²) in [6.07, 6.45) is 0.528. The van der Waals surface area contributed by atoms with Gasteiger partial charge < -0.3 is 9.84 Å². The van der Waals surface area contributed by atoms with Gasteiger partial charge in [0, 0.05) is 11.1 Å². The summed E-state index contributed by atoms with van der Waals surface area (Å²) in [4.78, 5) is 0. The lowest BCUT2D eigenvalue weighted by molar-refractivity contribution is 0.224. The van der Waals surface area contributed by atoms with Gasteiger partial charge in [0.15, 0.2) is 29.0 Å². The van der Waals surface area contributed by atoms with Crippen LogP contribution in [0.3, 0.4) is 0 Å². The third-order valence-corrected chi connectivity index (χ3v) is 5.31. The topological polar surface area (TPSA) is 29.5 Å². The number of halogens is 4. The van der Waals surface area contributed by atoms with E-state index in [0.29, 0.717) is 17.5 Å². The lowest BCUT2D eigenvalue weighted by atomic mass is 9.97. The zero-order valence-corrected chi connectivity index (χ0v) is 18.7. The maximum absolute atomic E-state index is 14.8. The van der Waals surface area contributed by atoms with E-state index >= 15 is 0 Å². The molecule has 0 saturated heterocycles. The van der Waals surface area contributed by atoms with Crippen LogP contribution < -0.4 is 0 Å². The zero-order valence-electron chi connectivity index (χ0n) is 18.7. The van der Waals surface area contributed by atoms with Crippen LogP contribution in [0.4, 0.5) is 17.6 Å². The molecule has 0 aliphatic carbocycles. The van der Waals surface area contributed by atoms with Crippen molar-refractivity contribution in [2.45, 2.75) is 19.8 Å². The van der Waals surface area contributed by atoms with Gasteiger partial charge in [0.1, 0.15) is 5.75 Å². The number of phenolic OH excluding ortho intramolecular Hbond substituents is 1. The van der Waals surface area contributed by atoms with Gasteiger partial charge in [0.25, 0.3) is 0 Å². The number of phenols is 1. The third-order valence-electron chi connectivity index (χ3n) is 5.31. The molecule has 1 N–H and O–H groups in total. The second-order valence-electron chi connectivity index (χ2n) is 7.62. The molecule has 0 atom stereocenters. The van der Waals surface area contributed by atoms with Crippen molar-refractivity contribution >= 4 is 0 Å². The lowest BCUT2D eigenvalue weighted by Gasteiger charge is -2.11. The van der Waals surface area contributed by atoms with Crippen molar-refractivity contribution in [2.24, 2.45) is 0 Å². The molecule has 34 heavy (non-hydrogen) atoms. The molecule has 0 bridgehead atoms. The van der Waals surface area contributed by atoms with Crippen LogP contribution in [0.15, 0.2) is 96.8 Å². The number of allylic oxidation sites excluding steroid dienone is 3. The average molecular weight is 468 g/mol. The molecule has 0 aromatic heterocycles. The van der Waals surface area contributed by atoms with Crippen molar-refractivity contribution in [1.29, 1.82) is 0 Å². The molecular weight excluding hydrogens is 444 g/mol. The second-order valence-corrected chi connectivity index (χ2v) is 7.62. The summed E-state index contributed by atoms with van der Waals surface area (Å²) >= 11 is 0. The minimum absolute atomic E-state index is 0.0274. The van der Waals surface area contributed by atoms with Gasteiger partial charge in [0.2, 0.25) is 0 Å². The van der Waals surface area contributed by atoms with E-state index in [-0.39, 0.29) is 41.2 Å². The van der Waals surface area contributed by atoms with Gasteiger partial charge in [-0.25, -0.2) is 13.2 Å². The largest absolute Gasteiger partial charge is 0.508 e. The fourth-order valence-electron chi connectivity index (χ4n) is 3.41. The molecule has 176 valence electrons. The van der Waals surface area contributed by atoms with Crippen LogP contribution in [0.2, 0.25) is 0 Å². The molecule has 0 aliphatic rings. The second kappa shape index (κ2) is 10.9. The Morgan fingerprint density at radius 1 is 0.794 bits per heavy atom. The Morgan fingerprint density at radius 2 is 1.29 bits per heavy atom. The first-order valence-electron chi connectivity index (χ1n) is 10.6. The summed E-state index contributed by atoms with van der Waals surface area (Å²) in [7, 11) is 0. The first-order valence-corrected chi connectivity index (χ1v) is 10.6. The highest BCUT2D eigenvalue weighted by molar-refractivity contribution is 5.72. The summed E-state index contributed by atoms with van der Waals surface area (Å²) in [5.74, 6) is -4.58. The monoisotopic (exact) mass is 468 g/mol. The van der Waals surface area contributed by atoms with Gasteiger partial charge in [-0.1, -0.05) is 61.7 Å². The predicted molar refractivity (Wildman–Crippen MR) is 126 cm³/mol. The molecule has 2 nitrogen and oxygen atoms in total. The summed E-state index contributed by atoms with van der Waals surface area (Å²) in [6, 6.07) is 15.5. The summed E-state index contributed by atoms with van der Waals surface area (Å²) in [5.41, 5.74) is 1.87. The Balaban J connectivity index is 1.73. The van der Waals surface area contributed by atoms with Gasteiger partial charge in [0.05, 0.1) is 6.61 Å². The molecule has 0 spiro atoms. The molecule has 0 heterocycles. The van der Waals surface area contributed by atoms with E-state index in [9.17, 15) is 22.7 Å². The Hall–Kier alpha value is -3.80. The number of ether oxygens (including phenoxy) is 1. The van der Waals surface area contributed by atoms with Crippen LogP contribution in [0.5, 0.6) is 5.75 Å². The van der Waals surface area contributed by atoms with E-state index in [1.54, 1.807) is 31.2 Å². The van der Waals surface area contributed by atoms with Crippen molar-refractivity contribution in [3.63, 3.8) is 0 Å². The van der Waals surface area contributed by atoms with Crippen molar-refractivity contribution in [1.82, 2.24) is 0 Å². The van der Waals surface area contributed by atoms with Crippen LogP contribution in [0, 0.1) is 11.6 Å².